The van der Waals surface area contributed by atoms with Crippen LogP contribution in [0.25, 0.3) is 0 Å². The fourth-order valence-corrected chi connectivity index (χ4v) is 5.82. The number of aryl methyl sites for hydroxylation is 1. The standard InChI is InChI=1S/C24H29N3O6S2/c1-15(26(2)23(32)21(30)12-17-3-4-19(28)20(29)11-17)22(31)27-14-34-13-18(27)24(33)35-10-7-16-5-8-25-9-6-16/h3-6,8-9,11,15,18,21,28-30H,7,10,12-14H2,1-2H3. The number of benzene rings is 1. The first-order chi connectivity index (χ1) is 16.7. The van der Waals surface area contributed by atoms with Crippen LogP contribution in [0.15, 0.2) is 42.7 Å². The monoisotopic (exact) mass is 519 g/mol. The molecule has 1 aromatic heterocycles. The predicted molar refractivity (Wildman–Crippen MR) is 135 cm³/mol. The molecule has 2 amide bonds. The molecule has 0 aliphatic carbocycles. The summed E-state index contributed by atoms with van der Waals surface area (Å²) in [6, 6.07) is 6.40. The van der Waals surface area contributed by atoms with E-state index in [9.17, 15) is 29.7 Å². The van der Waals surface area contributed by atoms with Crippen LogP contribution in [-0.2, 0) is 27.2 Å². The van der Waals surface area contributed by atoms with Crippen LogP contribution in [0.2, 0.25) is 0 Å². The summed E-state index contributed by atoms with van der Waals surface area (Å²) < 4.78 is 0. The van der Waals surface area contributed by atoms with Crippen molar-refractivity contribution in [3.63, 3.8) is 0 Å². The number of carbonyl (C=O) groups is 3. The van der Waals surface area contributed by atoms with Crippen LogP contribution < -0.4 is 0 Å². The molecule has 1 aliphatic rings. The molecule has 1 aliphatic heterocycles. The van der Waals surface area contributed by atoms with Gasteiger partial charge in [0.05, 0.1) is 5.88 Å². The molecule has 0 radical (unpaired) electrons. The molecule has 1 saturated heterocycles. The minimum Gasteiger partial charge on any atom is -0.504 e. The minimum absolute atomic E-state index is 0.0780. The van der Waals surface area contributed by atoms with Crippen molar-refractivity contribution in [2.45, 2.75) is 38.0 Å². The third-order valence-corrected chi connectivity index (χ3v) is 7.84. The second-order valence-electron chi connectivity index (χ2n) is 8.26. The third-order valence-electron chi connectivity index (χ3n) is 5.86. The Morgan fingerprint density at radius 1 is 1.17 bits per heavy atom. The lowest BCUT2D eigenvalue weighted by Gasteiger charge is -2.31. The van der Waals surface area contributed by atoms with Gasteiger partial charge in [-0.05, 0) is 48.7 Å². The average molecular weight is 520 g/mol. The van der Waals surface area contributed by atoms with Gasteiger partial charge >= 0.3 is 0 Å². The molecule has 3 N–H and O–H groups in total. The van der Waals surface area contributed by atoms with Crippen molar-refractivity contribution in [1.82, 2.24) is 14.8 Å². The number of hydrogen-bond acceptors (Lipinski definition) is 9. The summed E-state index contributed by atoms with van der Waals surface area (Å²) in [5, 5.41) is 29.4. The normalized spacial score (nSPS) is 17.1. The predicted octanol–water partition coefficient (Wildman–Crippen LogP) is 1.65. The first kappa shape index (κ1) is 26.8. The van der Waals surface area contributed by atoms with E-state index in [2.05, 4.69) is 4.98 Å². The lowest BCUT2D eigenvalue weighted by Crippen LogP contribution is -2.53. The molecule has 3 rings (SSSR count). The van der Waals surface area contributed by atoms with Crippen molar-refractivity contribution in [3.05, 3.63) is 53.9 Å². The Kier molecular flexibility index (Phi) is 9.41. The van der Waals surface area contributed by atoms with E-state index in [1.165, 1.54) is 58.6 Å². The number of phenols is 2. The molecule has 1 aromatic carbocycles. The molecule has 0 spiro atoms. The largest absolute Gasteiger partial charge is 0.504 e. The molecular formula is C24H29N3O6S2. The Bertz CT molecular complexity index is 1050. The lowest BCUT2D eigenvalue weighted by molar-refractivity contribution is -0.149. The maximum atomic E-state index is 13.2. The fraction of sp³-hybridized carbons (Fsp3) is 0.417. The topological polar surface area (TPSA) is 131 Å². The quantitative estimate of drug-likeness (QED) is 0.423. The summed E-state index contributed by atoms with van der Waals surface area (Å²) in [6.45, 7) is 1.57. The zero-order chi connectivity index (χ0) is 25.5. The highest BCUT2D eigenvalue weighted by atomic mass is 32.2. The molecule has 3 atom stereocenters. The van der Waals surface area contributed by atoms with Gasteiger partial charge in [-0.25, -0.2) is 0 Å². The van der Waals surface area contributed by atoms with E-state index in [0.29, 0.717) is 22.9 Å². The van der Waals surface area contributed by atoms with Crippen molar-refractivity contribution in [1.29, 1.82) is 0 Å². The van der Waals surface area contributed by atoms with Gasteiger partial charge in [0.1, 0.15) is 18.2 Å². The summed E-state index contributed by atoms with van der Waals surface area (Å²) in [5.74, 6) is -0.187. The second-order valence-corrected chi connectivity index (χ2v) is 10.4. The Morgan fingerprint density at radius 3 is 2.57 bits per heavy atom. The van der Waals surface area contributed by atoms with E-state index < -0.39 is 24.1 Å². The zero-order valence-corrected chi connectivity index (χ0v) is 21.2. The van der Waals surface area contributed by atoms with Crippen LogP contribution in [-0.4, -0.2) is 89.7 Å². The number of phenolic OH excluding ortho intramolecular Hbond substituents is 2. The number of carbonyl (C=O) groups excluding carboxylic acids is 3. The molecule has 9 nitrogen and oxygen atoms in total. The number of aromatic hydroxyl groups is 2. The van der Waals surface area contributed by atoms with E-state index in [-0.39, 0.29) is 28.9 Å². The highest BCUT2D eigenvalue weighted by Crippen LogP contribution is 2.27. The van der Waals surface area contributed by atoms with Crippen LogP contribution in [0.3, 0.4) is 0 Å². The van der Waals surface area contributed by atoms with E-state index in [1.807, 2.05) is 12.1 Å². The van der Waals surface area contributed by atoms with Crippen molar-refractivity contribution in [3.8, 4) is 11.5 Å². The number of nitrogens with zero attached hydrogens (tertiary/aromatic N) is 3. The highest BCUT2D eigenvalue weighted by molar-refractivity contribution is 8.13. The van der Waals surface area contributed by atoms with Crippen molar-refractivity contribution in [2.75, 3.05) is 24.4 Å². The molecule has 2 aromatic rings. The van der Waals surface area contributed by atoms with Gasteiger partial charge in [-0.2, -0.15) is 0 Å². The molecule has 3 unspecified atom stereocenters. The number of amides is 2. The van der Waals surface area contributed by atoms with Gasteiger partial charge in [-0.1, -0.05) is 17.8 Å². The molecule has 1 fully saturated rings. The molecule has 0 bridgehead atoms. The Labute approximate surface area is 212 Å². The van der Waals surface area contributed by atoms with Crippen molar-refractivity contribution >= 4 is 40.5 Å². The maximum Gasteiger partial charge on any atom is 0.252 e. The number of aliphatic hydroxyl groups is 1. The Balaban J connectivity index is 1.55. The number of thioether (sulfide) groups is 2. The van der Waals surface area contributed by atoms with Crippen molar-refractivity contribution in [2.24, 2.45) is 0 Å². The molecule has 35 heavy (non-hydrogen) atoms. The molecule has 0 saturated carbocycles. The first-order valence-corrected chi connectivity index (χ1v) is 13.2. The van der Waals surface area contributed by atoms with E-state index >= 15 is 0 Å². The molecule has 188 valence electrons. The zero-order valence-electron chi connectivity index (χ0n) is 19.5. The number of aromatic nitrogens is 1. The maximum absolute atomic E-state index is 13.2. The average Bonchev–Trinajstić information content (AvgIpc) is 3.35. The number of aliphatic hydroxyl groups excluding tert-OH is 1. The van der Waals surface area contributed by atoms with E-state index in [4.69, 9.17) is 0 Å². The smallest absolute Gasteiger partial charge is 0.252 e. The Morgan fingerprint density at radius 2 is 1.89 bits per heavy atom. The lowest BCUT2D eigenvalue weighted by atomic mass is 10.1. The van der Waals surface area contributed by atoms with Gasteiger partial charge in [-0.15, -0.1) is 11.8 Å². The summed E-state index contributed by atoms with van der Waals surface area (Å²) in [6.07, 6.45) is 2.61. The van der Waals surface area contributed by atoms with Gasteiger partial charge < -0.3 is 25.1 Å². The summed E-state index contributed by atoms with van der Waals surface area (Å²) >= 11 is 2.69. The highest BCUT2D eigenvalue weighted by Gasteiger charge is 2.38. The third kappa shape index (κ3) is 6.89. The SMILES string of the molecule is CC(C(=O)N1CSCC1C(=O)SCCc1ccncc1)N(C)C(=O)C(O)Cc1ccc(O)c(O)c1. The van der Waals surface area contributed by atoms with Gasteiger partial charge in [0, 0.05) is 37.4 Å². The van der Waals surface area contributed by atoms with Gasteiger partial charge in [-0.3, -0.25) is 19.4 Å². The first-order valence-electron chi connectivity index (χ1n) is 11.1. The second kappa shape index (κ2) is 12.3. The van der Waals surface area contributed by atoms with Gasteiger partial charge in [0.2, 0.25) is 11.0 Å². The van der Waals surface area contributed by atoms with Crippen LogP contribution >= 0.6 is 23.5 Å². The van der Waals surface area contributed by atoms with Crippen LogP contribution in [0.4, 0.5) is 0 Å². The number of pyridine rings is 1. The number of likely N-dealkylation sites (N-methyl/N-ethyl adjacent to an activating group) is 1. The van der Waals surface area contributed by atoms with Crippen molar-refractivity contribution < 1.29 is 29.7 Å². The number of hydrogen-bond donors (Lipinski definition) is 3. The number of rotatable bonds is 9. The summed E-state index contributed by atoms with van der Waals surface area (Å²) in [4.78, 5) is 45.4. The van der Waals surface area contributed by atoms with Crippen LogP contribution in [0.1, 0.15) is 18.1 Å². The van der Waals surface area contributed by atoms with Crippen LogP contribution in [0, 0.1) is 0 Å². The minimum atomic E-state index is -1.44. The molecule has 2 heterocycles. The van der Waals surface area contributed by atoms with Gasteiger partial charge in [0.25, 0.3) is 5.91 Å². The summed E-state index contributed by atoms with van der Waals surface area (Å²) in [5.41, 5.74) is 1.54. The van der Waals surface area contributed by atoms with E-state index in [0.717, 1.165) is 12.0 Å². The van der Waals surface area contributed by atoms with Gasteiger partial charge in [0.15, 0.2) is 11.5 Å². The Hall–Kier alpha value is -2.76. The molecular weight excluding hydrogens is 490 g/mol. The van der Waals surface area contributed by atoms with E-state index in [1.54, 1.807) is 19.3 Å². The molecule has 11 heteroatoms. The summed E-state index contributed by atoms with van der Waals surface area (Å²) in [7, 11) is 1.44. The fourth-order valence-electron chi connectivity index (χ4n) is 3.61. The van der Waals surface area contributed by atoms with Crippen LogP contribution in [0.5, 0.6) is 11.5 Å².